The van der Waals surface area contributed by atoms with E-state index in [0.717, 1.165) is 28.9 Å². The van der Waals surface area contributed by atoms with Crippen molar-refractivity contribution >= 4 is 23.6 Å². The molecule has 36 heavy (non-hydrogen) atoms. The van der Waals surface area contributed by atoms with Crippen LogP contribution in [0.15, 0.2) is 83.8 Å². The van der Waals surface area contributed by atoms with Crippen LogP contribution in [0.1, 0.15) is 48.4 Å². The molecular formula is C31H38N2O2S. The van der Waals surface area contributed by atoms with Gasteiger partial charge in [-0.05, 0) is 43.5 Å². The van der Waals surface area contributed by atoms with Crippen molar-refractivity contribution in [3.63, 3.8) is 0 Å². The van der Waals surface area contributed by atoms with Crippen LogP contribution >= 0.6 is 11.8 Å². The fraction of sp³-hybridized carbons (Fsp3) is 0.355. The minimum Gasteiger partial charge on any atom is -0.354 e. The van der Waals surface area contributed by atoms with Crippen LogP contribution in [0, 0.1) is 13.8 Å². The van der Waals surface area contributed by atoms with Crippen molar-refractivity contribution in [3.8, 4) is 0 Å². The average Bonchev–Trinajstić information content (AvgIpc) is 2.89. The molecule has 1 atom stereocenters. The number of amides is 2. The Balaban J connectivity index is 1.81. The number of aryl methyl sites for hydroxylation is 2. The molecule has 0 saturated carbocycles. The molecule has 0 fully saturated rings. The summed E-state index contributed by atoms with van der Waals surface area (Å²) in [7, 11) is 0. The van der Waals surface area contributed by atoms with Crippen molar-refractivity contribution in [1.29, 1.82) is 0 Å². The van der Waals surface area contributed by atoms with E-state index in [1.54, 1.807) is 16.7 Å². The Bertz CT molecular complexity index is 1080. The molecule has 5 heteroatoms. The van der Waals surface area contributed by atoms with E-state index in [1.165, 1.54) is 11.1 Å². The average molecular weight is 503 g/mol. The van der Waals surface area contributed by atoms with E-state index in [0.29, 0.717) is 31.7 Å². The number of carbonyl (C=O) groups is 2. The van der Waals surface area contributed by atoms with Gasteiger partial charge in [-0.25, -0.2) is 0 Å². The summed E-state index contributed by atoms with van der Waals surface area (Å²) < 4.78 is 0. The molecule has 190 valence electrons. The van der Waals surface area contributed by atoms with Gasteiger partial charge in [0.25, 0.3) is 0 Å². The van der Waals surface area contributed by atoms with Crippen LogP contribution in [0.3, 0.4) is 0 Å². The number of carbonyl (C=O) groups excluding carboxylic acids is 2. The first-order chi connectivity index (χ1) is 17.5. The number of nitrogens with zero attached hydrogens (tertiary/aromatic N) is 1. The maximum atomic E-state index is 13.7. The minimum absolute atomic E-state index is 0.00163. The van der Waals surface area contributed by atoms with E-state index in [-0.39, 0.29) is 11.8 Å². The third kappa shape index (κ3) is 8.87. The van der Waals surface area contributed by atoms with Crippen molar-refractivity contribution < 1.29 is 9.59 Å². The van der Waals surface area contributed by atoms with Gasteiger partial charge in [-0.2, -0.15) is 0 Å². The van der Waals surface area contributed by atoms with Crippen molar-refractivity contribution in [3.05, 3.63) is 101 Å². The lowest BCUT2D eigenvalue weighted by Gasteiger charge is -2.31. The van der Waals surface area contributed by atoms with E-state index >= 15 is 0 Å². The second-order valence-electron chi connectivity index (χ2n) is 9.27. The third-order valence-corrected chi connectivity index (χ3v) is 7.19. The van der Waals surface area contributed by atoms with Gasteiger partial charge in [0.15, 0.2) is 0 Å². The molecule has 0 saturated heterocycles. The lowest BCUT2D eigenvalue weighted by molar-refractivity contribution is -0.141. The topological polar surface area (TPSA) is 49.4 Å². The van der Waals surface area contributed by atoms with Gasteiger partial charge in [-0.1, -0.05) is 91.2 Å². The summed E-state index contributed by atoms with van der Waals surface area (Å²) in [6.45, 7) is 7.25. The van der Waals surface area contributed by atoms with Crippen LogP contribution in [-0.4, -0.2) is 35.1 Å². The SMILES string of the molecule is CCCCNC(=O)[C@H](Cc1ccccc1)N(Cc1ccc(C)cc1)C(=O)CCSc1ccc(C)cc1. The zero-order valence-corrected chi connectivity index (χ0v) is 22.5. The third-order valence-electron chi connectivity index (χ3n) is 6.18. The molecule has 3 aromatic carbocycles. The molecule has 0 aliphatic heterocycles. The number of nitrogens with one attached hydrogen (secondary N) is 1. The zero-order valence-electron chi connectivity index (χ0n) is 21.7. The molecule has 2 amide bonds. The van der Waals surface area contributed by atoms with E-state index in [1.807, 2.05) is 49.4 Å². The molecule has 3 aromatic rings. The standard InChI is InChI=1S/C31H38N2O2S/c1-4-5-20-32-31(35)29(22-26-9-7-6-8-10-26)33(23-27-15-11-24(2)12-16-27)30(34)19-21-36-28-17-13-25(3)14-18-28/h6-18,29H,4-5,19-23H2,1-3H3,(H,32,35)/t29-/m0/s1. The van der Waals surface area contributed by atoms with Crippen molar-refractivity contribution in [1.82, 2.24) is 10.2 Å². The van der Waals surface area contributed by atoms with Crippen LogP contribution < -0.4 is 5.32 Å². The van der Waals surface area contributed by atoms with Gasteiger partial charge in [0.1, 0.15) is 6.04 Å². The highest BCUT2D eigenvalue weighted by atomic mass is 32.2. The van der Waals surface area contributed by atoms with Crippen LogP contribution in [0.4, 0.5) is 0 Å². The molecule has 0 bridgehead atoms. The molecule has 0 spiro atoms. The van der Waals surface area contributed by atoms with Gasteiger partial charge in [0.05, 0.1) is 0 Å². The van der Waals surface area contributed by atoms with Gasteiger partial charge in [0.2, 0.25) is 11.8 Å². The maximum Gasteiger partial charge on any atom is 0.243 e. The lowest BCUT2D eigenvalue weighted by atomic mass is 10.0. The van der Waals surface area contributed by atoms with Crippen LogP contribution in [-0.2, 0) is 22.6 Å². The number of rotatable bonds is 13. The van der Waals surface area contributed by atoms with E-state index in [9.17, 15) is 9.59 Å². The highest BCUT2D eigenvalue weighted by Gasteiger charge is 2.30. The lowest BCUT2D eigenvalue weighted by Crippen LogP contribution is -2.50. The fourth-order valence-electron chi connectivity index (χ4n) is 3.98. The molecule has 0 aliphatic rings. The van der Waals surface area contributed by atoms with Crippen LogP contribution in [0.5, 0.6) is 0 Å². The Morgan fingerprint density at radius 3 is 2.14 bits per heavy atom. The number of unbranched alkanes of at least 4 members (excludes halogenated alkanes) is 1. The Kier molecular flexibility index (Phi) is 11.1. The van der Waals surface area contributed by atoms with Crippen LogP contribution in [0.2, 0.25) is 0 Å². The molecule has 4 nitrogen and oxygen atoms in total. The summed E-state index contributed by atoms with van der Waals surface area (Å²) in [5.41, 5.74) is 4.46. The largest absolute Gasteiger partial charge is 0.354 e. The van der Waals surface area contributed by atoms with Gasteiger partial charge >= 0.3 is 0 Å². The predicted molar refractivity (Wildman–Crippen MR) is 150 cm³/mol. The summed E-state index contributed by atoms with van der Waals surface area (Å²) in [5.74, 6) is 0.586. The normalized spacial score (nSPS) is 11.6. The Morgan fingerprint density at radius 2 is 1.50 bits per heavy atom. The van der Waals surface area contributed by atoms with Crippen molar-refractivity contribution in [2.75, 3.05) is 12.3 Å². The van der Waals surface area contributed by atoms with Gasteiger partial charge < -0.3 is 10.2 Å². The highest BCUT2D eigenvalue weighted by Crippen LogP contribution is 2.21. The number of hydrogen-bond donors (Lipinski definition) is 1. The molecule has 3 rings (SSSR count). The second kappa shape index (κ2) is 14.5. The van der Waals surface area contributed by atoms with E-state index in [2.05, 4.69) is 55.6 Å². The molecule has 0 radical (unpaired) electrons. The summed E-state index contributed by atoms with van der Waals surface area (Å²) >= 11 is 1.68. The molecule has 1 N–H and O–H groups in total. The highest BCUT2D eigenvalue weighted by molar-refractivity contribution is 7.99. The predicted octanol–water partition coefficient (Wildman–Crippen LogP) is 6.34. The summed E-state index contributed by atoms with van der Waals surface area (Å²) in [6.07, 6.45) is 2.79. The summed E-state index contributed by atoms with van der Waals surface area (Å²) in [4.78, 5) is 30.0. The summed E-state index contributed by atoms with van der Waals surface area (Å²) in [6, 6.07) is 26.0. The fourth-order valence-corrected chi connectivity index (χ4v) is 4.83. The van der Waals surface area contributed by atoms with Crippen molar-refractivity contribution in [2.24, 2.45) is 0 Å². The molecule has 0 heterocycles. The first kappa shape index (κ1) is 27.5. The first-order valence-corrected chi connectivity index (χ1v) is 13.8. The second-order valence-corrected chi connectivity index (χ2v) is 10.4. The van der Waals surface area contributed by atoms with Gasteiger partial charge in [0, 0.05) is 36.6 Å². The Labute approximate surface area is 220 Å². The Hall–Kier alpha value is -3.05. The molecule has 0 aliphatic carbocycles. The zero-order chi connectivity index (χ0) is 25.8. The van der Waals surface area contributed by atoms with Gasteiger partial charge in [-0.3, -0.25) is 9.59 Å². The minimum atomic E-state index is -0.567. The first-order valence-electron chi connectivity index (χ1n) is 12.8. The van der Waals surface area contributed by atoms with Crippen LogP contribution in [0.25, 0.3) is 0 Å². The van der Waals surface area contributed by atoms with Gasteiger partial charge in [-0.15, -0.1) is 11.8 Å². The smallest absolute Gasteiger partial charge is 0.243 e. The van der Waals surface area contributed by atoms with Crippen molar-refractivity contribution in [2.45, 2.75) is 63.9 Å². The van der Waals surface area contributed by atoms with E-state index in [4.69, 9.17) is 0 Å². The summed E-state index contributed by atoms with van der Waals surface area (Å²) in [5, 5.41) is 3.08. The molecular weight excluding hydrogens is 464 g/mol. The number of benzene rings is 3. The maximum absolute atomic E-state index is 13.7. The monoisotopic (exact) mass is 502 g/mol. The van der Waals surface area contributed by atoms with E-state index < -0.39 is 6.04 Å². The number of hydrogen-bond acceptors (Lipinski definition) is 3. The number of thioether (sulfide) groups is 1. The quantitative estimate of drug-likeness (QED) is 0.219. The Morgan fingerprint density at radius 1 is 0.861 bits per heavy atom. The molecule has 0 aromatic heterocycles. The molecule has 0 unspecified atom stereocenters.